The molecule has 1 N–H and O–H groups in total. The Bertz CT molecular complexity index is 1330. The topological polar surface area (TPSA) is 106 Å². The highest BCUT2D eigenvalue weighted by atomic mass is 16.6. The van der Waals surface area contributed by atoms with E-state index in [9.17, 15) is 14.9 Å². The van der Waals surface area contributed by atoms with Gasteiger partial charge in [-0.25, -0.2) is 5.43 Å². The van der Waals surface area contributed by atoms with Gasteiger partial charge in [-0.3, -0.25) is 14.9 Å². The number of rotatable bonds is 12. The molecule has 1 aliphatic heterocycles. The van der Waals surface area contributed by atoms with E-state index in [0.717, 1.165) is 35.5 Å². The van der Waals surface area contributed by atoms with Crippen LogP contribution in [0.3, 0.4) is 0 Å². The number of non-ortho nitro benzene ring substituents is 1. The molecule has 0 aliphatic carbocycles. The second kappa shape index (κ2) is 13.2. The predicted octanol–water partition coefficient (Wildman–Crippen LogP) is 5.67. The van der Waals surface area contributed by atoms with Crippen LogP contribution in [-0.4, -0.2) is 36.7 Å². The molecule has 0 saturated carbocycles. The molecule has 0 aromatic heterocycles. The highest BCUT2D eigenvalue weighted by Crippen LogP contribution is 2.34. The lowest BCUT2D eigenvalue weighted by molar-refractivity contribution is -0.384. The van der Waals surface area contributed by atoms with E-state index in [4.69, 9.17) is 9.47 Å². The summed E-state index contributed by atoms with van der Waals surface area (Å²) >= 11 is 0. The minimum absolute atomic E-state index is 0.0240. The van der Waals surface area contributed by atoms with E-state index < -0.39 is 4.92 Å². The number of nitro benzene ring substituents is 1. The standard InChI is InChI=1S/C30H32N4O5/c1-3-7-25-18-23(20-31-32-30(35)24-10-14-26(15-11-24)33-16-5-6-17-33)19-28(38-4-2)29(25)39-21-22-8-12-27(13-9-22)34(36)37/h3,8-15,18-20H,1,4-7,16-17,21H2,2H3,(H,32,35)/b31-20-. The number of hydrazone groups is 1. The molecule has 202 valence electrons. The van der Waals surface area contributed by atoms with Crippen LogP contribution < -0.4 is 19.8 Å². The molecular formula is C30H32N4O5. The van der Waals surface area contributed by atoms with Gasteiger partial charge in [0.25, 0.3) is 11.6 Å². The Balaban J connectivity index is 1.45. The fourth-order valence-electron chi connectivity index (χ4n) is 4.39. The van der Waals surface area contributed by atoms with Crippen LogP contribution >= 0.6 is 0 Å². The lowest BCUT2D eigenvalue weighted by Crippen LogP contribution is -2.19. The third-order valence-corrected chi connectivity index (χ3v) is 6.33. The van der Waals surface area contributed by atoms with Crippen LogP contribution in [0.25, 0.3) is 0 Å². The maximum absolute atomic E-state index is 12.6. The first-order chi connectivity index (χ1) is 19.0. The minimum Gasteiger partial charge on any atom is -0.490 e. The lowest BCUT2D eigenvalue weighted by atomic mass is 10.1. The van der Waals surface area contributed by atoms with E-state index in [0.29, 0.717) is 30.1 Å². The van der Waals surface area contributed by atoms with Crippen molar-refractivity contribution in [3.8, 4) is 11.5 Å². The van der Waals surface area contributed by atoms with E-state index >= 15 is 0 Å². The van der Waals surface area contributed by atoms with Gasteiger partial charge in [-0.1, -0.05) is 6.08 Å². The van der Waals surface area contributed by atoms with Gasteiger partial charge in [0, 0.05) is 42.0 Å². The number of anilines is 1. The minimum atomic E-state index is -0.437. The molecule has 9 nitrogen and oxygen atoms in total. The van der Waals surface area contributed by atoms with E-state index in [1.54, 1.807) is 30.5 Å². The lowest BCUT2D eigenvalue weighted by Gasteiger charge is -2.17. The van der Waals surface area contributed by atoms with Crippen molar-refractivity contribution in [2.75, 3.05) is 24.6 Å². The molecule has 0 unspecified atom stereocenters. The molecule has 0 radical (unpaired) electrons. The van der Waals surface area contributed by atoms with Crippen molar-refractivity contribution in [1.29, 1.82) is 0 Å². The van der Waals surface area contributed by atoms with Gasteiger partial charge in [-0.15, -0.1) is 6.58 Å². The second-order valence-electron chi connectivity index (χ2n) is 9.09. The second-order valence-corrected chi connectivity index (χ2v) is 9.09. The van der Waals surface area contributed by atoms with Crippen molar-refractivity contribution < 1.29 is 19.2 Å². The summed E-state index contributed by atoms with van der Waals surface area (Å²) in [6.45, 7) is 8.45. The van der Waals surface area contributed by atoms with E-state index in [2.05, 4.69) is 22.0 Å². The van der Waals surface area contributed by atoms with Gasteiger partial charge in [0.1, 0.15) is 6.61 Å². The molecule has 39 heavy (non-hydrogen) atoms. The molecule has 1 heterocycles. The summed E-state index contributed by atoms with van der Waals surface area (Å²) in [7, 11) is 0. The third-order valence-electron chi connectivity index (χ3n) is 6.33. The smallest absolute Gasteiger partial charge is 0.271 e. The van der Waals surface area contributed by atoms with Crippen LogP contribution in [0.2, 0.25) is 0 Å². The Hall–Kier alpha value is -4.66. The van der Waals surface area contributed by atoms with Gasteiger partial charge in [0.2, 0.25) is 0 Å². The first-order valence-corrected chi connectivity index (χ1v) is 12.9. The number of carbonyl (C=O) groups is 1. The molecule has 0 atom stereocenters. The van der Waals surface area contributed by atoms with Crippen LogP contribution in [0, 0.1) is 10.1 Å². The van der Waals surface area contributed by atoms with Crippen LogP contribution in [0.15, 0.2) is 78.4 Å². The van der Waals surface area contributed by atoms with Gasteiger partial charge in [0.15, 0.2) is 11.5 Å². The summed E-state index contributed by atoms with van der Waals surface area (Å²) in [5, 5.41) is 15.1. The van der Waals surface area contributed by atoms with Gasteiger partial charge >= 0.3 is 0 Å². The number of amides is 1. The summed E-state index contributed by atoms with van der Waals surface area (Å²) < 4.78 is 12.0. The van der Waals surface area contributed by atoms with E-state index in [-0.39, 0.29) is 18.2 Å². The average molecular weight is 529 g/mol. The molecule has 1 fully saturated rings. The number of benzene rings is 3. The number of nitro groups is 1. The highest BCUT2D eigenvalue weighted by Gasteiger charge is 2.15. The molecule has 0 bridgehead atoms. The van der Waals surface area contributed by atoms with E-state index in [1.807, 2.05) is 37.3 Å². The monoisotopic (exact) mass is 528 g/mol. The maximum Gasteiger partial charge on any atom is 0.271 e. The summed E-state index contributed by atoms with van der Waals surface area (Å²) in [6, 6.07) is 17.5. The average Bonchev–Trinajstić information content (AvgIpc) is 3.48. The van der Waals surface area contributed by atoms with Gasteiger partial charge in [0.05, 0.1) is 17.7 Å². The molecule has 1 aliphatic rings. The maximum atomic E-state index is 12.6. The number of allylic oxidation sites excluding steroid dienone is 1. The van der Waals surface area contributed by atoms with Crippen LogP contribution in [0.1, 0.15) is 46.8 Å². The van der Waals surface area contributed by atoms with Crippen molar-refractivity contribution in [1.82, 2.24) is 5.43 Å². The third kappa shape index (κ3) is 7.22. The van der Waals surface area contributed by atoms with Crippen LogP contribution in [0.5, 0.6) is 11.5 Å². The molecule has 3 aromatic rings. The molecule has 3 aromatic carbocycles. The van der Waals surface area contributed by atoms with Crippen molar-refractivity contribution >= 4 is 23.5 Å². The highest BCUT2D eigenvalue weighted by molar-refractivity contribution is 5.95. The molecule has 1 saturated heterocycles. The number of ether oxygens (including phenoxy) is 2. The van der Waals surface area contributed by atoms with Gasteiger partial charge in [-0.05, 0) is 85.8 Å². The number of nitrogens with zero attached hydrogens (tertiary/aromatic N) is 3. The number of nitrogens with one attached hydrogen (secondary N) is 1. The van der Waals surface area contributed by atoms with Crippen molar-refractivity contribution in [2.24, 2.45) is 5.10 Å². The van der Waals surface area contributed by atoms with Gasteiger partial charge in [-0.2, -0.15) is 5.10 Å². The molecule has 9 heteroatoms. The number of carbonyl (C=O) groups excluding carboxylic acids is 1. The van der Waals surface area contributed by atoms with E-state index in [1.165, 1.54) is 25.0 Å². The Morgan fingerprint density at radius 3 is 2.46 bits per heavy atom. The van der Waals surface area contributed by atoms with Crippen LogP contribution in [0.4, 0.5) is 11.4 Å². The summed E-state index contributed by atoms with van der Waals surface area (Å²) in [5.74, 6) is 0.803. The Kier molecular flexibility index (Phi) is 9.29. The first kappa shape index (κ1) is 27.4. The summed E-state index contributed by atoms with van der Waals surface area (Å²) in [5.41, 5.74) is 6.62. The van der Waals surface area contributed by atoms with Crippen molar-refractivity contribution in [3.05, 3.63) is 106 Å². The van der Waals surface area contributed by atoms with Crippen LogP contribution in [-0.2, 0) is 13.0 Å². The summed E-state index contributed by atoms with van der Waals surface area (Å²) in [6.07, 6.45) is 6.24. The normalized spacial score (nSPS) is 12.9. The Labute approximate surface area is 227 Å². The van der Waals surface area contributed by atoms with Crippen molar-refractivity contribution in [3.63, 3.8) is 0 Å². The molecular weight excluding hydrogens is 496 g/mol. The zero-order valence-corrected chi connectivity index (χ0v) is 22.0. The van der Waals surface area contributed by atoms with Gasteiger partial charge < -0.3 is 14.4 Å². The SMILES string of the molecule is C=CCc1cc(/C=N\NC(=O)c2ccc(N3CCCC3)cc2)cc(OCC)c1OCc1ccc([N+](=O)[O-])cc1. The Morgan fingerprint density at radius 1 is 1.10 bits per heavy atom. The number of hydrogen-bond acceptors (Lipinski definition) is 7. The number of hydrogen-bond donors (Lipinski definition) is 1. The molecule has 1 amide bonds. The molecule has 4 rings (SSSR count). The fraction of sp³-hybridized carbons (Fsp3) is 0.267. The van der Waals surface area contributed by atoms with Crippen molar-refractivity contribution in [2.45, 2.75) is 32.8 Å². The predicted molar refractivity (Wildman–Crippen MR) is 152 cm³/mol. The first-order valence-electron chi connectivity index (χ1n) is 12.9. The molecule has 0 spiro atoms. The fourth-order valence-corrected chi connectivity index (χ4v) is 4.39. The zero-order valence-electron chi connectivity index (χ0n) is 22.0. The quantitative estimate of drug-likeness (QED) is 0.141. The summed E-state index contributed by atoms with van der Waals surface area (Å²) in [4.78, 5) is 25.4. The zero-order chi connectivity index (χ0) is 27.6. The largest absolute Gasteiger partial charge is 0.490 e. The Morgan fingerprint density at radius 2 is 1.82 bits per heavy atom.